The Morgan fingerprint density at radius 2 is 1.71 bits per heavy atom. The minimum Gasteiger partial charge on any atom is -0.384 e. The molecule has 1 unspecified atom stereocenters. The molecule has 2 nitrogen and oxygen atoms in total. The third kappa shape index (κ3) is 2.68. The number of hydrogen-bond acceptors (Lipinski definition) is 2. The number of rotatable bonds is 5. The molecule has 2 aromatic carbocycles. The molecule has 1 N–H and O–H groups in total. The van der Waals surface area contributed by atoms with Crippen molar-refractivity contribution in [2.75, 3.05) is 32.5 Å². The van der Waals surface area contributed by atoms with Crippen LogP contribution in [0.3, 0.4) is 0 Å². The zero-order valence-electron chi connectivity index (χ0n) is 13.0. The van der Waals surface area contributed by atoms with Gasteiger partial charge < -0.3 is 10.2 Å². The van der Waals surface area contributed by atoms with Gasteiger partial charge in [0.15, 0.2) is 0 Å². The van der Waals surface area contributed by atoms with Crippen molar-refractivity contribution in [2.24, 2.45) is 0 Å². The van der Waals surface area contributed by atoms with Crippen LogP contribution in [0.4, 0.5) is 5.69 Å². The van der Waals surface area contributed by atoms with E-state index in [1.54, 1.807) is 0 Å². The summed E-state index contributed by atoms with van der Waals surface area (Å²) in [7, 11) is 4.30. The summed E-state index contributed by atoms with van der Waals surface area (Å²) in [5.74, 6) is 0. The van der Waals surface area contributed by atoms with E-state index in [9.17, 15) is 0 Å². The lowest BCUT2D eigenvalue weighted by Gasteiger charge is -2.31. The van der Waals surface area contributed by atoms with Gasteiger partial charge in [0, 0.05) is 17.6 Å². The van der Waals surface area contributed by atoms with Crippen LogP contribution in [0.2, 0.25) is 0 Å². The molecule has 2 aromatic rings. The van der Waals surface area contributed by atoms with E-state index < -0.39 is 0 Å². The average Bonchev–Trinajstić information content (AvgIpc) is 2.88. The van der Waals surface area contributed by atoms with Crippen molar-refractivity contribution < 1.29 is 0 Å². The molecule has 1 aliphatic rings. The molecule has 0 bridgehead atoms. The maximum Gasteiger partial charge on any atom is 0.0396 e. The molecule has 0 aliphatic carbocycles. The summed E-state index contributed by atoms with van der Waals surface area (Å²) in [5.41, 5.74) is 4.30. The Kier molecular flexibility index (Phi) is 3.98. The monoisotopic (exact) mass is 280 g/mol. The fraction of sp³-hybridized carbons (Fsp3) is 0.368. The van der Waals surface area contributed by atoms with Crippen LogP contribution in [0.1, 0.15) is 24.0 Å². The van der Waals surface area contributed by atoms with E-state index in [2.05, 4.69) is 78.9 Å². The van der Waals surface area contributed by atoms with Gasteiger partial charge in [-0.05, 0) is 50.7 Å². The van der Waals surface area contributed by atoms with E-state index in [1.165, 1.54) is 29.7 Å². The molecule has 1 heterocycles. The van der Waals surface area contributed by atoms with E-state index >= 15 is 0 Å². The van der Waals surface area contributed by atoms with Crippen molar-refractivity contribution in [3.8, 4) is 0 Å². The Bertz CT molecular complexity index is 592. The lowest BCUT2D eigenvalue weighted by molar-refractivity contribution is 0.369. The Morgan fingerprint density at radius 1 is 1.00 bits per heavy atom. The molecule has 0 fully saturated rings. The van der Waals surface area contributed by atoms with Crippen molar-refractivity contribution in [1.29, 1.82) is 0 Å². The fourth-order valence-electron chi connectivity index (χ4n) is 3.48. The Labute approximate surface area is 127 Å². The first-order chi connectivity index (χ1) is 10.2. The molecule has 0 spiro atoms. The van der Waals surface area contributed by atoms with Gasteiger partial charge in [0.1, 0.15) is 0 Å². The second-order valence-electron chi connectivity index (χ2n) is 6.25. The van der Waals surface area contributed by atoms with Crippen LogP contribution in [0.25, 0.3) is 0 Å². The SMILES string of the molecule is CN(C)CCCC1(c2ccccc2)CNc2ccccc21. The first kappa shape index (κ1) is 14.2. The molecule has 2 heteroatoms. The summed E-state index contributed by atoms with van der Waals surface area (Å²) >= 11 is 0. The van der Waals surface area contributed by atoms with Gasteiger partial charge in [0.05, 0.1) is 0 Å². The first-order valence-corrected chi connectivity index (χ1v) is 7.76. The third-order valence-corrected chi connectivity index (χ3v) is 4.56. The van der Waals surface area contributed by atoms with Gasteiger partial charge in [0.2, 0.25) is 0 Å². The van der Waals surface area contributed by atoms with E-state index in [0.29, 0.717) is 0 Å². The third-order valence-electron chi connectivity index (χ3n) is 4.56. The van der Waals surface area contributed by atoms with Crippen LogP contribution in [-0.4, -0.2) is 32.1 Å². The Hall–Kier alpha value is -1.80. The lowest BCUT2D eigenvalue weighted by atomic mass is 9.73. The standard InChI is InChI=1S/C19H24N2/c1-21(2)14-8-13-19(16-9-4-3-5-10-16)15-20-18-12-7-6-11-17(18)19/h3-7,9-12,20H,8,13-15H2,1-2H3. The zero-order chi connectivity index (χ0) is 14.7. The highest BCUT2D eigenvalue weighted by Gasteiger charge is 2.39. The van der Waals surface area contributed by atoms with Crippen LogP contribution < -0.4 is 5.32 Å². The topological polar surface area (TPSA) is 15.3 Å². The van der Waals surface area contributed by atoms with Crippen molar-refractivity contribution in [2.45, 2.75) is 18.3 Å². The van der Waals surface area contributed by atoms with Crippen molar-refractivity contribution in [1.82, 2.24) is 4.90 Å². The molecule has 0 aromatic heterocycles. The second kappa shape index (κ2) is 5.90. The van der Waals surface area contributed by atoms with E-state index in [0.717, 1.165) is 13.1 Å². The first-order valence-electron chi connectivity index (χ1n) is 7.76. The second-order valence-corrected chi connectivity index (χ2v) is 6.25. The average molecular weight is 280 g/mol. The fourth-order valence-corrected chi connectivity index (χ4v) is 3.48. The van der Waals surface area contributed by atoms with Gasteiger partial charge in [-0.1, -0.05) is 48.5 Å². The molecular formula is C19H24N2. The van der Waals surface area contributed by atoms with Gasteiger partial charge in [-0.2, -0.15) is 0 Å². The van der Waals surface area contributed by atoms with Gasteiger partial charge in [-0.25, -0.2) is 0 Å². The molecule has 0 amide bonds. The zero-order valence-corrected chi connectivity index (χ0v) is 13.0. The normalized spacial score (nSPS) is 20.3. The number of para-hydroxylation sites is 1. The van der Waals surface area contributed by atoms with Gasteiger partial charge >= 0.3 is 0 Å². The van der Waals surface area contributed by atoms with Crippen LogP contribution in [0.15, 0.2) is 54.6 Å². The molecule has 0 radical (unpaired) electrons. The number of fused-ring (bicyclic) bond motifs is 1. The minimum atomic E-state index is 0.119. The highest BCUT2D eigenvalue weighted by molar-refractivity contribution is 5.64. The maximum atomic E-state index is 3.61. The largest absolute Gasteiger partial charge is 0.384 e. The number of nitrogens with zero attached hydrogens (tertiary/aromatic N) is 1. The molecule has 3 rings (SSSR count). The van der Waals surface area contributed by atoms with Crippen LogP contribution in [0, 0.1) is 0 Å². The summed E-state index contributed by atoms with van der Waals surface area (Å²) in [6.07, 6.45) is 2.39. The quantitative estimate of drug-likeness (QED) is 0.897. The van der Waals surface area contributed by atoms with E-state index in [1.807, 2.05) is 0 Å². The Morgan fingerprint density at radius 3 is 2.48 bits per heavy atom. The van der Waals surface area contributed by atoms with Gasteiger partial charge in [0.25, 0.3) is 0 Å². The van der Waals surface area contributed by atoms with E-state index in [4.69, 9.17) is 0 Å². The molecule has 21 heavy (non-hydrogen) atoms. The van der Waals surface area contributed by atoms with Crippen molar-refractivity contribution in [3.05, 3.63) is 65.7 Å². The summed E-state index contributed by atoms with van der Waals surface area (Å²) in [5, 5.41) is 3.61. The van der Waals surface area contributed by atoms with E-state index in [-0.39, 0.29) is 5.41 Å². The molecule has 0 saturated heterocycles. The predicted octanol–water partition coefficient (Wildman–Crippen LogP) is 3.74. The van der Waals surface area contributed by atoms with Gasteiger partial charge in [-0.15, -0.1) is 0 Å². The minimum absolute atomic E-state index is 0.119. The molecule has 0 saturated carbocycles. The van der Waals surface area contributed by atoms with Crippen LogP contribution >= 0.6 is 0 Å². The lowest BCUT2D eigenvalue weighted by Crippen LogP contribution is -2.31. The maximum absolute atomic E-state index is 3.61. The highest BCUT2D eigenvalue weighted by atomic mass is 15.0. The molecule has 1 atom stereocenters. The van der Waals surface area contributed by atoms with Crippen LogP contribution in [-0.2, 0) is 5.41 Å². The number of hydrogen-bond donors (Lipinski definition) is 1. The number of benzene rings is 2. The van der Waals surface area contributed by atoms with Gasteiger partial charge in [-0.3, -0.25) is 0 Å². The number of anilines is 1. The smallest absolute Gasteiger partial charge is 0.0396 e. The summed E-state index contributed by atoms with van der Waals surface area (Å²) < 4.78 is 0. The van der Waals surface area contributed by atoms with Crippen molar-refractivity contribution in [3.63, 3.8) is 0 Å². The Balaban J connectivity index is 1.97. The van der Waals surface area contributed by atoms with Crippen molar-refractivity contribution >= 4 is 5.69 Å². The summed E-state index contributed by atoms with van der Waals surface area (Å²) in [4.78, 5) is 2.27. The molecular weight excluding hydrogens is 256 g/mol. The number of nitrogens with one attached hydrogen (secondary N) is 1. The van der Waals surface area contributed by atoms with Crippen LogP contribution in [0.5, 0.6) is 0 Å². The highest BCUT2D eigenvalue weighted by Crippen LogP contribution is 2.44. The predicted molar refractivity (Wildman–Crippen MR) is 89.9 cm³/mol. The summed E-state index contributed by atoms with van der Waals surface area (Å²) in [6, 6.07) is 19.7. The molecule has 1 aliphatic heterocycles. The molecule has 110 valence electrons. The summed E-state index contributed by atoms with van der Waals surface area (Å²) in [6.45, 7) is 2.14.